The Hall–Kier alpha value is -4.31. The summed E-state index contributed by atoms with van der Waals surface area (Å²) in [6, 6.07) is 18.2. The van der Waals surface area contributed by atoms with Crippen LogP contribution in [0.1, 0.15) is 0 Å². The summed E-state index contributed by atoms with van der Waals surface area (Å²) in [6.45, 7) is -0.134. The van der Waals surface area contributed by atoms with Gasteiger partial charge in [0.25, 0.3) is 5.56 Å². The molecule has 0 saturated heterocycles. The molecule has 1 amide bonds. The van der Waals surface area contributed by atoms with Gasteiger partial charge in [-0.05, 0) is 11.1 Å². The molecule has 1 N–H and O–H groups in total. The van der Waals surface area contributed by atoms with E-state index in [4.69, 9.17) is 0 Å². The van der Waals surface area contributed by atoms with Gasteiger partial charge in [-0.3, -0.25) is 18.7 Å². The molecule has 170 valence electrons. The van der Waals surface area contributed by atoms with Gasteiger partial charge in [0.15, 0.2) is 16.3 Å². The molecule has 3 aromatic heterocycles. The number of hydrogen-bond donors (Lipinski definition) is 1. The van der Waals surface area contributed by atoms with Gasteiger partial charge in [0.2, 0.25) is 5.91 Å². The molecule has 0 saturated carbocycles. The van der Waals surface area contributed by atoms with Crippen LogP contribution in [0.15, 0.2) is 75.9 Å². The zero-order valence-corrected chi connectivity index (χ0v) is 19.2. The zero-order chi connectivity index (χ0) is 23.8. The first-order valence-corrected chi connectivity index (χ1v) is 11.3. The number of imidazole rings is 1. The maximum absolute atomic E-state index is 12.6. The van der Waals surface area contributed by atoms with Crippen LogP contribution in [-0.4, -0.2) is 29.6 Å². The summed E-state index contributed by atoms with van der Waals surface area (Å²) in [5, 5.41) is 5.11. The fourth-order valence-corrected chi connectivity index (χ4v) is 4.49. The smallest absolute Gasteiger partial charge is 0.315 e. The Balaban J connectivity index is 1.32. The number of thiazole rings is 1. The summed E-state index contributed by atoms with van der Waals surface area (Å²) in [5.41, 5.74) is 3.41. The standard InChI is InChI=1S/C24H20N6O3S/c1-28-21-20(22(32)29(2)24(28)33)30(14-25-21)12-19(31)27-23-26-18(13-34-23)17-10-8-16(9-11-17)15-6-4-3-5-7-15/h3-11,13-14H,12H2,1-2H3,(H,26,27,31). The third kappa shape index (κ3) is 3.84. The van der Waals surface area contributed by atoms with Gasteiger partial charge in [-0.25, -0.2) is 14.8 Å². The van der Waals surface area contributed by atoms with E-state index in [0.717, 1.165) is 27.0 Å². The number of carbonyl (C=O) groups is 1. The molecule has 0 atom stereocenters. The van der Waals surface area contributed by atoms with E-state index >= 15 is 0 Å². The Morgan fingerprint density at radius 1 is 0.941 bits per heavy atom. The molecule has 0 unspecified atom stereocenters. The summed E-state index contributed by atoms with van der Waals surface area (Å²) in [6.07, 6.45) is 1.38. The lowest BCUT2D eigenvalue weighted by molar-refractivity contribution is -0.116. The van der Waals surface area contributed by atoms with Crippen molar-refractivity contribution < 1.29 is 4.79 Å². The number of rotatable bonds is 5. The Bertz CT molecular complexity index is 1630. The van der Waals surface area contributed by atoms with Gasteiger partial charge in [0.05, 0.1) is 12.0 Å². The maximum atomic E-state index is 12.6. The van der Waals surface area contributed by atoms with Crippen molar-refractivity contribution in [2.24, 2.45) is 14.1 Å². The number of hydrogen-bond acceptors (Lipinski definition) is 6. The topological polar surface area (TPSA) is 104 Å². The van der Waals surface area contributed by atoms with Gasteiger partial charge in [0.1, 0.15) is 6.54 Å². The number of aromatic nitrogens is 5. The first-order chi connectivity index (χ1) is 16.4. The number of nitrogens with zero attached hydrogens (tertiary/aromatic N) is 5. The molecule has 9 nitrogen and oxygen atoms in total. The third-order valence-electron chi connectivity index (χ3n) is 5.57. The molecule has 0 bridgehead atoms. The minimum absolute atomic E-state index is 0.134. The van der Waals surface area contributed by atoms with Crippen molar-refractivity contribution in [1.82, 2.24) is 23.7 Å². The molecule has 0 aliphatic heterocycles. The fraction of sp³-hybridized carbons (Fsp3) is 0.125. The Labute approximate surface area is 197 Å². The van der Waals surface area contributed by atoms with Gasteiger partial charge in [-0.2, -0.15) is 0 Å². The minimum atomic E-state index is -0.501. The van der Waals surface area contributed by atoms with E-state index < -0.39 is 11.2 Å². The molecule has 5 rings (SSSR count). The normalized spacial score (nSPS) is 11.1. The van der Waals surface area contributed by atoms with E-state index in [-0.39, 0.29) is 23.6 Å². The highest BCUT2D eigenvalue weighted by Gasteiger charge is 2.16. The van der Waals surface area contributed by atoms with Gasteiger partial charge in [-0.1, -0.05) is 54.6 Å². The molecule has 10 heteroatoms. The Morgan fingerprint density at radius 3 is 2.35 bits per heavy atom. The minimum Gasteiger partial charge on any atom is -0.315 e. The molecule has 0 aliphatic rings. The summed E-state index contributed by atoms with van der Waals surface area (Å²) in [5.74, 6) is -0.351. The predicted molar refractivity (Wildman–Crippen MR) is 132 cm³/mol. The molecule has 0 spiro atoms. The average Bonchev–Trinajstić information content (AvgIpc) is 3.49. The number of fused-ring (bicyclic) bond motifs is 1. The number of aryl methyl sites for hydroxylation is 1. The Kier molecular flexibility index (Phi) is 5.42. The van der Waals surface area contributed by atoms with Crippen LogP contribution < -0.4 is 16.6 Å². The highest BCUT2D eigenvalue weighted by Crippen LogP contribution is 2.27. The highest BCUT2D eigenvalue weighted by atomic mass is 32.1. The largest absolute Gasteiger partial charge is 0.332 e. The van der Waals surface area contributed by atoms with Crippen molar-refractivity contribution in [3.8, 4) is 22.4 Å². The first kappa shape index (κ1) is 21.5. The van der Waals surface area contributed by atoms with Gasteiger partial charge in [-0.15, -0.1) is 11.3 Å². The number of nitrogens with one attached hydrogen (secondary N) is 1. The molecule has 2 aromatic carbocycles. The Morgan fingerprint density at radius 2 is 1.62 bits per heavy atom. The molecular weight excluding hydrogens is 452 g/mol. The van der Waals surface area contributed by atoms with Gasteiger partial charge < -0.3 is 9.88 Å². The van der Waals surface area contributed by atoms with Crippen molar-refractivity contribution >= 4 is 33.5 Å². The van der Waals surface area contributed by atoms with E-state index in [1.807, 2.05) is 47.8 Å². The van der Waals surface area contributed by atoms with Gasteiger partial charge >= 0.3 is 5.69 Å². The summed E-state index contributed by atoms with van der Waals surface area (Å²) < 4.78 is 3.71. The molecule has 0 fully saturated rings. The molecule has 3 heterocycles. The van der Waals surface area contributed by atoms with Crippen LogP contribution in [0.3, 0.4) is 0 Å². The summed E-state index contributed by atoms with van der Waals surface area (Å²) in [7, 11) is 2.93. The van der Waals surface area contributed by atoms with Crippen molar-refractivity contribution in [1.29, 1.82) is 0 Å². The molecule has 0 aliphatic carbocycles. The monoisotopic (exact) mass is 472 g/mol. The van der Waals surface area contributed by atoms with Crippen LogP contribution >= 0.6 is 11.3 Å². The first-order valence-electron chi connectivity index (χ1n) is 10.4. The fourth-order valence-electron chi connectivity index (χ4n) is 3.76. The second-order valence-electron chi connectivity index (χ2n) is 7.78. The highest BCUT2D eigenvalue weighted by molar-refractivity contribution is 7.14. The third-order valence-corrected chi connectivity index (χ3v) is 6.33. The van der Waals surface area contributed by atoms with Crippen LogP contribution in [0.4, 0.5) is 5.13 Å². The van der Waals surface area contributed by atoms with E-state index in [9.17, 15) is 14.4 Å². The number of benzene rings is 2. The number of carbonyl (C=O) groups excluding carboxylic acids is 1. The van der Waals surface area contributed by atoms with Crippen LogP contribution in [-0.2, 0) is 25.4 Å². The van der Waals surface area contributed by atoms with Crippen molar-refractivity contribution in [2.75, 3.05) is 5.32 Å². The summed E-state index contributed by atoms with van der Waals surface area (Å²) in [4.78, 5) is 45.9. The lowest BCUT2D eigenvalue weighted by Gasteiger charge is -2.06. The number of anilines is 1. The second-order valence-corrected chi connectivity index (χ2v) is 8.64. The average molecular weight is 473 g/mol. The molecule has 34 heavy (non-hydrogen) atoms. The van der Waals surface area contributed by atoms with Gasteiger partial charge in [0, 0.05) is 25.0 Å². The predicted octanol–water partition coefficient (Wildman–Crippen LogP) is 2.86. The van der Waals surface area contributed by atoms with E-state index in [0.29, 0.717) is 5.13 Å². The maximum Gasteiger partial charge on any atom is 0.332 e. The lowest BCUT2D eigenvalue weighted by atomic mass is 10.0. The van der Waals surface area contributed by atoms with Crippen molar-refractivity contribution in [3.05, 3.63) is 87.1 Å². The quantitative estimate of drug-likeness (QED) is 0.424. The van der Waals surface area contributed by atoms with Crippen LogP contribution in [0, 0.1) is 0 Å². The lowest BCUT2D eigenvalue weighted by Crippen LogP contribution is -2.37. The van der Waals surface area contributed by atoms with E-state index in [1.165, 1.54) is 40.9 Å². The van der Waals surface area contributed by atoms with Crippen LogP contribution in [0.2, 0.25) is 0 Å². The van der Waals surface area contributed by atoms with Crippen LogP contribution in [0.25, 0.3) is 33.5 Å². The van der Waals surface area contributed by atoms with Crippen molar-refractivity contribution in [2.45, 2.75) is 6.54 Å². The van der Waals surface area contributed by atoms with Crippen molar-refractivity contribution in [3.63, 3.8) is 0 Å². The van der Waals surface area contributed by atoms with E-state index in [2.05, 4.69) is 27.4 Å². The number of amides is 1. The molecule has 5 aromatic rings. The SMILES string of the molecule is Cn1c(=O)c2c(ncn2CC(=O)Nc2nc(-c3ccc(-c4ccccc4)cc3)cs2)n(C)c1=O. The molecular formula is C24H20N6O3S. The summed E-state index contributed by atoms with van der Waals surface area (Å²) >= 11 is 1.32. The van der Waals surface area contributed by atoms with E-state index in [1.54, 1.807) is 0 Å². The zero-order valence-electron chi connectivity index (χ0n) is 18.4. The molecule has 0 radical (unpaired) electrons. The van der Waals surface area contributed by atoms with Crippen LogP contribution in [0.5, 0.6) is 0 Å². The second kappa shape index (κ2) is 8.56.